The van der Waals surface area contributed by atoms with Crippen molar-refractivity contribution in [3.63, 3.8) is 0 Å². The van der Waals surface area contributed by atoms with Gasteiger partial charge in [-0.15, -0.1) is 0 Å². The molecule has 21 heavy (non-hydrogen) atoms. The number of rotatable bonds is 4. The summed E-state index contributed by atoms with van der Waals surface area (Å²) >= 11 is 0. The van der Waals surface area contributed by atoms with Crippen LogP contribution in [0.4, 0.5) is 0 Å². The monoisotopic (exact) mass is 295 g/mol. The zero-order valence-electron chi connectivity index (χ0n) is 13.6. The van der Waals surface area contributed by atoms with Crippen LogP contribution >= 0.6 is 0 Å². The lowest BCUT2D eigenvalue weighted by molar-refractivity contribution is -0.176. The molecule has 0 bridgehead atoms. The first-order chi connectivity index (χ1) is 9.82. The Bertz CT molecular complexity index is 525. The predicted octanol–water partition coefficient (Wildman–Crippen LogP) is 1.25. The van der Waals surface area contributed by atoms with Crippen LogP contribution in [0.2, 0.25) is 0 Å². The zero-order chi connectivity index (χ0) is 15.7. The van der Waals surface area contributed by atoms with Crippen molar-refractivity contribution in [2.45, 2.75) is 52.3 Å². The Kier molecular flexibility index (Phi) is 4.22. The fourth-order valence-electron chi connectivity index (χ4n) is 2.66. The Balaban J connectivity index is 1.89. The molecule has 0 amide bonds. The lowest BCUT2D eigenvalue weighted by Gasteiger charge is -2.59. The summed E-state index contributed by atoms with van der Waals surface area (Å²) in [5.41, 5.74) is -0.0730. The summed E-state index contributed by atoms with van der Waals surface area (Å²) in [4.78, 5) is 8.39. The quantitative estimate of drug-likeness (QED) is 0.642. The van der Waals surface area contributed by atoms with E-state index >= 15 is 0 Å². The second-order valence-corrected chi connectivity index (χ2v) is 6.21. The minimum absolute atomic E-state index is 0.0299. The molecule has 2 N–H and O–H groups in total. The molecule has 7 heteroatoms. The van der Waals surface area contributed by atoms with Gasteiger partial charge in [0.2, 0.25) is 5.89 Å². The Morgan fingerprint density at radius 2 is 2.19 bits per heavy atom. The van der Waals surface area contributed by atoms with Crippen LogP contribution < -0.4 is 10.6 Å². The highest BCUT2D eigenvalue weighted by molar-refractivity contribution is 5.80. The van der Waals surface area contributed by atoms with Crippen LogP contribution in [0.25, 0.3) is 0 Å². The van der Waals surface area contributed by atoms with E-state index < -0.39 is 0 Å². The molecular formula is C14H25N5O2. The van der Waals surface area contributed by atoms with Crippen molar-refractivity contribution in [2.24, 2.45) is 10.4 Å². The summed E-state index contributed by atoms with van der Waals surface area (Å²) in [5.74, 6) is 1.91. The van der Waals surface area contributed by atoms with Crippen LogP contribution in [0.1, 0.15) is 38.9 Å². The number of hydrogen-bond acceptors (Lipinski definition) is 5. The number of ether oxygens (including phenoxy) is 1. The maximum atomic E-state index is 5.63. The first-order valence-electron chi connectivity index (χ1n) is 7.14. The Morgan fingerprint density at radius 3 is 2.67 bits per heavy atom. The van der Waals surface area contributed by atoms with E-state index in [0.717, 1.165) is 12.4 Å². The van der Waals surface area contributed by atoms with Crippen molar-refractivity contribution in [2.75, 3.05) is 14.2 Å². The van der Waals surface area contributed by atoms with Crippen molar-refractivity contribution < 1.29 is 9.26 Å². The molecule has 1 aliphatic carbocycles. The number of nitrogens with zero attached hydrogens (tertiary/aromatic N) is 3. The molecule has 0 spiro atoms. The van der Waals surface area contributed by atoms with Gasteiger partial charge in [0.25, 0.3) is 0 Å². The van der Waals surface area contributed by atoms with Crippen molar-refractivity contribution in [1.29, 1.82) is 0 Å². The molecule has 118 valence electrons. The molecule has 0 aromatic carbocycles. The van der Waals surface area contributed by atoms with Crippen LogP contribution in [0, 0.1) is 12.3 Å². The summed E-state index contributed by atoms with van der Waals surface area (Å²) in [7, 11) is 3.52. The Labute approximate surface area is 125 Å². The van der Waals surface area contributed by atoms with E-state index in [1.807, 2.05) is 0 Å². The Hall–Kier alpha value is -1.63. The van der Waals surface area contributed by atoms with E-state index in [4.69, 9.17) is 9.26 Å². The van der Waals surface area contributed by atoms with Gasteiger partial charge in [-0.25, -0.2) is 0 Å². The number of methoxy groups -OCH3 is 1. The van der Waals surface area contributed by atoms with E-state index in [1.54, 1.807) is 21.1 Å². The number of aryl methyl sites for hydroxylation is 1. The first kappa shape index (κ1) is 15.8. The van der Waals surface area contributed by atoms with Gasteiger partial charge >= 0.3 is 0 Å². The predicted molar refractivity (Wildman–Crippen MR) is 80.0 cm³/mol. The molecular weight excluding hydrogens is 270 g/mol. The number of aromatic nitrogens is 2. The van der Waals surface area contributed by atoms with Crippen LogP contribution in [0.3, 0.4) is 0 Å². The molecule has 1 aromatic heterocycles. The lowest BCUT2D eigenvalue weighted by atomic mass is 9.56. The van der Waals surface area contributed by atoms with Crippen molar-refractivity contribution >= 4 is 5.96 Å². The SMILES string of the molecule is CN=C(NCc1noc(C)n1)NC1CC(C)(OC)C1(C)C. The lowest BCUT2D eigenvalue weighted by Crippen LogP contribution is -2.69. The van der Waals surface area contributed by atoms with Crippen LogP contribution in [-0.2, 0) is 11.3 Å². The van der Waals surface area contributed by atoms with E-state index in [9.17, 15) is 0 Å². The molecule has 0 aliphatic heterocycles. The normalized spacial score (nSPS) is 28.1. The molecule has 0 radical (unpaired) electrons. The van der Waals surface area contributed by atoms with Crippen molar-refractivity contribution in [1.82, 2.24) is 20.8 Å². The molecule has 0 saturated heterocycles. The molecule has 1 fully saturated rings. The first-order valence-corrected chi connectivity index (χ1v) is 7.14. The van der Waals surface area contributed by atoms with Crippen molar-refractivity contribution in [3.8, 4) is 0 Å². The van der Waals surface area contributed by atoms with E-state index in [1.165, 1.54) is 0 Å². The zero-order valence-corrected chi connectivity index (χ0v) is 13.6. The minimum atomic E-state index is -0.103. The summed E-state index contributed by atoms with van der Waals surface area (Å²) < 4.78 is 10.6. The van der Waals surface area contributed by atoms with Gasteiger partial charge in [-0.2, -0.15) is 4.98 Å². The average molecular weight is 295 g/mol. The summed E-state index contributed by atoms with van der Waals surface area (Å²) in [6, 6.07) is 0.306. The highest BCUT2D eigenvalue weighted by Crippen LogP contribution is 2.51. The maximum absolute atomic E-state index is 5.63. The molecule has 1 saturated carbocycles. The molecule has 1 heterocycles. The molecule has 2 rings (SSSR count). The van der Waals surface area contributed by atoms with Gasteiger partial charge < -0.3 is 19.9 Å². The fourth-order valence-corrected chi connectivity index (χ4v) is 2.66. The molecule has 1 aromatic rings. The van der Waals surface area contributed by atoms with Gasteiger partial charge in [0, 0.05) is 32.5 Å². The van der Waals surface area contributed by atoms with Gasteiger partial charge in [-0.05, 0) is 13.3 Å². The molecule has 2 atom stereocenters. The van der Waals surface area contributed by atoms with Crippen LogP contribution in [0.15, 0.2) is 9.52 Å². The summed E-state index contributed by atoms with van der Waals surface area (Å²) in [6.45, 7) is 8.79. The third kappa shape index (κ3) is 2.88. The largest absolute Gasteiger partial charge is 0.378 e. The second-order valence-electron chi connectivity index (χ2n) is 6.21. The van der Waals surface area contributed by atoms with Gasteiger partial charge in [-0.1, -0.05) is 19.0 Å². The fraction of sp³-hybridized carbons (Fsp3) is 0.786. The van der Waals surface area contributed by atoms with Gasteiger partial charge in [-0.3, -0.25) is 4.99 Å². The van der Waals surface area contributed by atoms with Gasteiger partial charge in [0.1, 0.15) is 0 Å². The van der Waals surface area contributed by atoms with Gasteiger partial charge in [0.15, 0.2) is 11.8 Å². The topological polar surface area (TPSA) is 84.6 Å². The number of hydrogen-bond donors (Lipinski definition) is 2. The van der Waals surface area contributed by atoms with E-state index in [0.29, 0.717) is 24.3 Å². The van der Waals surface area contributed by atoms with E-state index in [2.05, 4.69) is 46.5 Å². The highest BCUT2D eigenvalue weighted by Gasteiger charge is 2.58. The molecule has 2 unspecified atom stereocenters. The van der Waals surface area contributed by atoms with Crippen LogP contribution in [0.5, 0.6) is 0 Å². The smallest absolute Gasteiger partial charge is 0.223 e. The second kappa shape index (κ2) is 5.63. The number of nitrogens with one attached hydrogen (secondary N) is 2. The third-order valence-electron chi connectivity index (χ3n) is 4.80. The highest BCUT2D eigenvalue weighted by atomic mass is 16.5. The Morgan fingerprint density at radius 1 is 1.48 bits per heavy atom. The summed E-state index contributed by atoms with van der Waals surface area (Å²) in [6.07, 6.45) is 0.943. The molecule has 1 aliphatic rings. The summed E-state index contributed by atoms with van der Waals surface area (Å²) in [5, 5.41) is 10.5. The van der Waals surface area contributed by atoms with E-state index in [-0.39, 0.29) is 11.0 Å². The standard InChI is InChI=1S/C14H25N5O2/c1-9-17-11(19-21-9)8-16-12(15-5)18-10-7-14(4,20-6)13(10,2)3/h10H,7-8H2,1-6H3,(H2,15,16,18). The third-order valence-corrected chi connectivity index (χ3v) is 4.80. The number of aliphatic imine (C=N–C) groups is 1. The maximum Gasteiger partial charge on any atom is 0.223 e. The molecule has 7 nitrogen and oxygen atoms in total. The average Bonchev–Trinajstić information content (AvgIpc) is 2.87. The van der Waals surface area contributed by atoms with Crippen molar-refractivity contribution in [3.05, 3.63) is 11.7 Å². The van der Waals surface area contributed by atoms with Crippen LogP contribution in [-0.4, -0.2) is 41.9 Å². The minimum Gasteiger partial charge on any atom is -0.378 e. The number of guanidine groups is 1. The van der Waals surface area contributed by atoms with Gasteiger partial charge in [0.05, 0.1) is 12.1 Å².